The van der Waals surface area contributed by atoms with E-state index in [1.165, 1.54) is 9.26 Å². The van der Waals surface area contributed by atoms with Crippen LogP contribution in [-0.4, -0.2) is 26.1 Å². The number of fused-ring (bicyclic) bond motifs is 1. The molecule has 1 aromatic carbocycles. The van der Waals surface area contributed by atoms with E-state index in [0.29, 0.717) is 0 Å². The number of halogens is 1. The van der Waals surface area contributed by atoms with Crippen molar-refractivity contribution in [3.8, 4) is 0 Å². The van der Waals surface area contributed by atoms with Crippen LogP contribution in [0.4, 0.5) is 5.69 Å². The summed E-state index contributed by atoms with van der Waals surface area (Å²) in [5, 5.41) is 4.12. The van der Waals surface area contributed by atoms with Crippen molar-refractivity contribution in [1.29, 1.82) is 0 Å². The third-order valence-electron chi connectivity index (χ3n) is 4.39. The molecule has 0 unspecified atom stereocenters. The smallest absolute Gasteiger partial charge is 0.174 e. The average molecular weight is 460 g/mol. The molecule has 0 saturated heterocycles. The first-order valence-electron chi connectivity index (χ1n) is 8.10. The maximum absolute atomic E-state index is 5.75. The van der Waals surface area contributed by atoms with Crippen LogP contribution in [0.5, 0.6) is 0 Å². The van der Waals surface area contributed by atoms with Crippen molar-refractivity contribution in [3.05, 3.63) is 81.9 Å². The third kappa shape index (κ3) is 3.41. The molecule has 3 aromatic rings. The zero-order valence-corrected chi connectivity index (χ0v) is 16.4. The molecule has 6 heteroatoms. The van der Waals surface area contributed by atoms with Gasteiger partial charge >= 0.3 is 0 Å². The second-order valence-corrected chi connectivity index (χ2v) is 7.58. The Morgan fingerprint density at radius 2 is 1.96 bits per heavy atom. The minimum atomic E-state index is 0.0706. The molecule has 1 N–H and O–H groups in total. The Hall–Kier alpha value is -1.93. The third-order valence-corrected chi connectivity index (χ3v) is 5.45. The minimum Gasteiger partial charge on any atom is -0.348 e. The molecule has 126 valence electrons. The first-order chi connectivity index (χ1) is 12.2. The topological polar surface area (TPSA) is 33.1 Å². The van der Waals surface area contributed by atoms with Crippen LogP contribution in [0.1, 0.15) is 17.3 Å². The molecule has 2 aromatic heterocycles. The molecule has 0 amide bonds. The molecule has 25 heavy (non-hydrogen) atoms. The number of anilines is 1. The van der Waals surface area contributed by atoms with Gasteiger partial charge in [-0.05, 0) is 82.8 Å². The Morgan fingerprint density at radius 1 is 1.12 bits per heavy atom. The van der Waals surface area contributed by atoms with E-state index in [1.807, 2.05) is 12.3 Å². The van der Waals surface area contributed by atoms with Crippen LogP contribution in [0.3, 0.4) is 0 Å². The molecular weight excluding hydrogens is 443 g/mol. The summed E-state index contributed by atoms with van der Waals surface area (Å²) in [6, 6.07) is 16.7. The number of nitrogens with zero attached hydrogens (tertiary/aromatic N) is 3. The van der Waals surface area contributed by atoms with Gasteiger partial charge in [0, 0.05) is 46.6 Å². The SMILES string of the molecule is S=C(Nc1ccc(I)cc1)N1CCn2cccc2[C@@H]1c1cccnc1. The van der Waals surface area contributed by atoms with Crippen molar-refractivity contribution in [2.24, 2.45) is 0 Å². The highest BCUT2D eigenvalue weighted by Crippen LogP contribution is 2.32. The predicted molar refractivity (Wildman–Crippen MR) is 113 cm³/mol. The molecule has 0 spiro atoms. The summed E-state index contributed by atoms with van der Waals surface area (Å²) in [5.41, 5.74) is 3.40. The van der Waals surface area contributed by atoms with Gasteiger partial charge in [-0.25, -0.2) is 0 Å². The zero-order valence-electron chi connectivity index (χ0n) is 13.5. The van der Waals surface area contributed by atoms with Crippen LogP contribution < -0.4 is 5.32 Å². The highest BCUT2D eigenvalue weighted by atomic mass is 127. The van der Waals surface area contributed by atoms with E-state index < -0.39 is 0 Å². The molecular formula is C19H17IN4S. The van der Waals surface area contributed by atoms with Gasteiger partial charge in [-0.15, -0.1) is 0 Å². The molecule has 0 aliphatic carbocycles. The Balaban J connectivity index is 1.65. The largest absolute Gasteiger partial charge is 0.348 e. The summed E-state index contributed by atoms with van der Waals surface area (Å²) in [4.78, 5) is 6.55. The molecule has 0 saturated carbocycles. The number of pyridine rings is 1. The lowest BCUT2D eigenvalue weighted by Crippen LogP contribution is -2.44. The lowest BCUT2D eigenvalue weighted by Gasteiger charge is -2.38. The lowest BCUT2D eigenvalue weighted by atomic mass is 10.0. The summed E-state index contributed by atoms with van der Waals surface area (Å²) in [5.74, 6) is 0. The van der Waals surface area contributed by atoms with Crippen molar-refractivity contribution in [1.82, 2.24) is 14.5 Å². The van der Waals surface area contributed by atoms with Crippen LogP contribution in [0.15, 0.2) is 67.1 Å². The number of aromatic nitrogens is 2. The molecule has 4 rings (SSSR count). The number of hydrogen-bond donors (Lipinski definition) is 1. The Kier molecular flexibility index (Phi) is 4.72. The molecule has 1 atom stereocenters. The van der Waals surface area contributed by atoms with Gasteiger partial charge < -0.3 is 14.8 Å². The second kappa shape index (κ2) is 7.13. The van der Waals surface area contributed by atoms with Crippen molar-refractivity contribution in [2.75, 3.05) is 11.9 Å². The summed E-state index contributed by atoms with van der Waals surface area (Å²) in [6.45, 7) is 1.78. The van der Waals surface area contributed by atoms with Crippen molar-refractivity contribution in [2.45, 2.75) is 12.6 Å². The van der Waals surface area contributed by atoms with Gasteiger partial charge in [0.05, 0.1) is 6.04 Å². The van der Waals surface area contributed by atoms with Gasteiger partial charge in [-0.2, -0.15) is 0 Å². The van der Waals surface area contributed by atoms with Crippen LogP contribution in [0.25, 0.3) is 0 Å². The van der Waals surface area contributed by atoms with Gasteiger partial charge in [0.15, 0.2) is 5.11 Å². The number of rotatable bonds is 2. The van der Waals surface area contributed by atoms with E-state index in [4.69, 9.17) is 12.2 Å². The van der Waals surface area contributed by atoms with Crippen LogP contribution in [-0.2, 0) is 6.54 Å². The van der Waals surface area contributed by atoms with Gasteiger partial charge in [-0.3, -0.25) is 4.98 Å². The maximum Gasteiger partial charge on any atom is 0.174 e. The fourth-order valence-corrected chi connectivity index (χ4v) is 3.89. The fourth-order valence-electron chi connectivity index (χ4n) is 3.22. The summed E-state index contributed by atoms with van der Waals surface area (Å²) in [6.07, 6.45) is 5.86. The van der Waals surface area contributed by atoms with Gasteiger partial charge in [0.1, 0.15) is 0 Å². The number of benzene rings is 1. The van der Waals surface area contributed by atoms with Crippen LogP contribution in [0.2, 0.25) is 0 Å². The number of nitrogens with one attached hydrogen (secondary N) is 1. The van der Waals surface area contributed by atoms with E-state index in [0.717, 1.165) is 29.5 Å². The van der Waals surface area contributed by atoms with E-state index >= 15 is 0 Å². The zero-order chi connectivity index (χ0) is 17.2. The number of hydrogen-bond acceptors (Lipinski definition) is 2. The molecule has 0 fully saturated rings. The summed E-state index contributed by atoms with van der Waals surface area (Å²) in [7, 11) is 0. The fraction of sp³-hybridized carbons (Fsp3) is 0.158. The lowest BCUT2D eigenvalue weighted by molar-refractivity contribution is 0.293. The first-order valence-corrected chi connectivity index (χ1v) is 9.59. The minimum absolute atomic E-state index is 0.0706. The Labute approximate surface area is 166 Å². The van der Waals surface area contributed by atoms with Crippen molar-refractivity contribution in [3.63, 3.8) is 0 Å². The molecule has 4 nitrogen and oxygen atoms in total. The van der Waals surface area contributed by atoms with Gasteiger partial charge in [0.25, 0.3) is 0 Å². The molecule has 1 aliphatic rings. The van der Waals surface area contributed by atoms with Crippen LogP contribution >= 0.6 is 34.8 Å². The number of thiocarbonyl (C=S) groups is 1. The normalized spacial score (nSPS) is 16.4. The predicted octanol–water partition coefficient (Wildman–Crippen LogP) is 4.29. The standard InChI is InChI=1S/C19H17IN4S/c20-15-5-7-16(8-6-15)22-19(25)24-12-11-23-10-2-4-17(23)18(24)14-3-1-9-21-13-14/h1-10,13,18H,11-12H2,(H,22,25)/t18-/m0/s1. The van der Waals surface area contributed by atoms with E-state index in [1.54, 1.807) is 6.20 Å². The van der Waals surface area contributed by atoms with Crippen LogP contribution in [0, 0.1) is 3.57 Å². The first kappa shape index (κ1) is 16.5. The average Bonchev–Trinajstić information content (AvgIpc) is 3.12. The maximum atomic E-state index is 5.75. The molecule has 0 radical (unpaired) electrons. The van der Waals surface area contributed by atoms with E-state index in [2.05, 4.69) is 91.0 Å². The van der Waals surface area contributed by atoms with Gasteiger partial charge in [-0.1, -0.05) is 6.07 Å². The van der Waals surface area contributed by atoms with Crippen molar-refractivity contribution >= 4 is 45.6 Å². The summed E-state index contributed by atoms with van der Waals surface area (Å²) < 4.78 is 3.50. The quantitative estimate of drug-likeness (QED) is 0.457. The van der Waals surface area contributed by atoms with Gasteiger partial charge in [0.2, 0.25) is 0 Å². The monoisotopic (exact) mass is 460 g/mol. The second-order valence-electron chi connectivity index (χ2n) is 5.95. The highest BCUT2D eigenvalue weighted by molar-refractivity contribution is 14.1. The van der Waals surface area contributed by atoms with Crippen molar-refractivity contribution < 1.29 is 0 Å². The van der Waals surface area contributed by atoms with E-state index in [9.17, 15) is 0 Å². The molecule has 1 aliphatic heterocycles. The summed E-state index contributed by atoms with van der Waals surface area (Å²) >= 11 is 8.06. The highest BCUT2D eigenvalue weighted by Gasteiger charge is 2.30. The molecule has 3 heterocycles. The Morgan fingerprint density at radius 3 is 2.72 bits per heavy atom. The van der Waals surface area contributed by atoms with E-state index in [-0.39, 0.29) is 6.04 Å². The molecule has 0 bridgehead atoms. The Bertz CT molecular complexity index is 876.